The fraction of sp³-hybridized carbons (Fsp3) is 0.500. The van der Waals surface area contributed by atoms with Gasteiger partial charge < -0.3 is 5.11 Å². The van der Waals surface area contributed by atoms with Crippen molar-refractivity contribution in [1.29, 1.82) is 0 Å². The Morgan fingerprint density at radius 1 is 1.45 bits per heavy atom. The van der Waals surface area contributed by atoms with E-state index in [1.54, 1.807) is 0 Å². The molecular weight excluding hydrogens is 161 g/mol. The van der Waals surface area contributed by atoms with E-state index in [1.807, 2.05) is 0 Å². The number of alkyl halides is 2. The van der Waals surface area contributed by atoms with Gasteiger partial charge in [0.05, 0.1) is 0 Å². The molecule has 0 saturated carbocycles. The van der Waals surface area contributed by atoms with Gasteiger partial charge in [-0.25, -0.2) is 0 Å². The molecule has 1 aliphatic rings. The van der Waals surface area contributed by atoms with Gasteiger partial charge in [-0.2, -0.15) is 13.2 Å². The number of carbonyl (C=O) groups is 1. The van der Waals surface area contributed by atoms with Crippen LogP contribution in [-0.2, 0) is 4.79 Å². The van der Waals surface area contributed by atoms with Gasteiger partial charge in [0.25, 0.3) is 0 Å². The Morgan fingerprint density at radius 3 is 2.45 bits per heavy atom. The summed E-state index contributed by atoms with van der Waals surface area (Å²) in [5.41, 5.74) is 0. The molecule has 0 aliphatic heterocycles. The lowest BCUT2D eigenvalue weighted by atomic mass is 10.0. The maximum absolute atomic E-state index is 12.3. The molecule has 2 nitrogen and oxygen atoms in total. The minimum atomic E-state index is -3.57. The minimum absolute atomic E-state index is 0.553. The predicted molar refractivity (Wildman–Crippen MR) is 30.0 cm³/mol. The monoisotopic (exact) mass is 166 g/mol. The van der Waals surface area contributed by atoms with Crippen LogP contribution in [-0.4, -0.2) is 16.8 Å². The first-order valence-electron chi connectivity index (χ1n) is 2.95. The highest BCUT2D eigenvalue weighted by atomic mass is 19.3. The molecule has 62 valence electrons. The highest BCUT2D eigenvalue weighted by Gasteiger charge is 2.43. The van der Waals surface area contributed by atoms with Gasteiger partial charge in [-0.3, -0.25) is 4.79 Å². The molecule has 0 aromatic carbocycles. The van der Waals surface area contributed by atoms with E-state index >= 15 is 0 Å². The Hall–Kier alpha value is -1.00. The van der Waals surface area contributed by atoms with Crippen LogP contribution < -0.4 is 0 Å². The summed E-state index contributed by atoms with van der Waals surface area (Å²) in [6.07, 6.45) is -1.37. The molecule has 0 bridgehead atoms. The molecule has 1 rings (SSSR count). The Labute approximate surface area is 60.3 Å². The van der Waals surface area contributed by atoms with Crippen LogP contribution in [0, 0.1) is 0 Å². The second-order valence-electron chi connectivity index (χ2n) is 2.29. The van der Waals surface area contributed by atoms with Crippen LogP contribution in [0.3, 0.4) is 0 Å². The van der Waals surface area contributed by atoms with E-state index in [1.165, 1.54) is 0 Å². The summed E-state index contributed by atoms with van der Waals surface area (Å²) >= 11 is 0. The molecule has 0 radical (unpaired) electrons. The molecule has 0 saturated heterocycles. The van der Waals surface area contributed by atoms with E-state index in [0.29, 0.717) is 0 Å². The van der Waals surface area contributed by atoms with E-state index in [4.69, 9.17) is 5.11 Å². The van der Waals surface area contributed by atoms with Crippen LogP contribution in [0.2, 0.25) is 0 Å². The van der Waals surface area contributed by atoms with Crippen molar-refractivity contribution in [3.05, 3.63) is 11.6 Å². The van der Waals surface area contributed by atoms with Gasteiger partial charge in [0.1, 0.15) is 0 Å². The lowest BCUT2D eigenvalue weighted by Crippen LogP contribution is -2.27. The van der Waals surface area contributed by atoms with Crippen LogP contribution in [0.4, 0.5) is 13.2 Å². The normalized spacial score (nSPS) is 24.1. The van der Waals surface area contributed by atoms with Crippen molar-refractivity contribution >= 4 is 5.78 Å². The number of hydrogen-bond acceptors (Lipinski definition) is 2. The molecule has 0 heterocycles. The standard InChI is InChI=1S/C6H5F3O2/c7-4-3(10)1-2-6(8,9)5(4)11/h11H,1-2H2. The Balaban J connectivity index is 3.07. The van der Waals surface area contributed by atoms with E-state index in [9.17, 15) is 18.0 Å². The molecule has 0 spiro atoms. The van der Waals surface area contributed by atoms with Crippen molar-refractivity contribution in [2.24, 2.45) is 0 Å². The predicted octanol–water partition coefficient (Wildman–Crippen LogP) is 1.72. The van der Waals surface area contributed by atoms with Gasteiger partial charge >= 0.3 is 5.92 Å². The Kier molecular flexibility index (Phi) is 1.66. The van der Waals surface area contributed by atoms with Gasteiger partial charge in [-0.15, -0.1) is 0 Å². The van der Waals surface area contributed by atoms with E-state index in [2.05, 4.69) is 0 Å². The SMILES string of the molecule is O=C1CCC(F)(F)C(O)=C1F. The summed E-state index contributed by atoms with van der Waals surface area (Å²) in [5.74, 6) is -8.07. The number of allylic oxidation sites excluding steroid dienone is 2. The lowest BCUT2D eigenvalue weighted by Gasteiger charge is -2.19. The van der Waals surface area contributed by atoms with Gasteiger partial charge in [-0.05, 0) is 0 Å². The first-order chi connectivity index (χ1) is 4.95. The summed E-state index contributed by atoms with van der Waals surface area (Å²) in [7, 11) is 0. The van der Waals surface area contributed by atoms with Crippen molar-refractivity contribution in [3.63, 3.8) is 0 Å². The maximum atomic E-state index is 12.3. The molecule has 5 heteroatoms. The highest BCUT2D eigenvalue weighted by Crippen LogP contribution is 2.35. The smallest absolute Gasteiger partial charge is 0.307 e. The Bertz CT molecular complexity index is 232. The number of aliphatic hydroxyl groups excluding tert-OH is 1. The molecule has 11 heavy (non-hydrogen) atoms. The molecule has 0 atom stereocenters. The van der Waals surface area contributed by atoms with Gasteiger partial charge in [0.2, 0.25) is 11.6 Å². The van der Waals surface area contributed by atoms with Crippen molar-refractivity contribution in [3.8, 4) is 0 Å². The highest BCUT2D eigenvalue weighted by molar-refractivity contribution is 5.94. The average Bonchev–Trinajstić information content (AvgIpc) is 1.95. The molecule has 0 aromatic heterocycles. The number of Topliss-reactive ketones (excluding diaryl/α,β-unsaturated/α-hetero) is 1. The topological polar surface area (TPSA) is 37.3 Å². The van der Waals surface area contributed by atoms with Crippen LogP contribution >= 0.6 is 0 Å². The van der Waals surface area contributed by atoms with Crippen LogP contribution in [0.5, 0.6) is 0 Å². The van der Waals surface area contributed by atoms with Crippen LogP contribution in [0.15, 0.2) is 11.6 Å². The van der Waals surface area contributed by atoms with E-state index < -0.39 is 36.1 Å². The van der Waals surface area contributed by atoms with Gasteiger partial charge in [-0.1, -0.05) is 0 Å². The minimum Gasteiger partial charge on any atom is -0.504 e. The zero-order valence-corrected chi connectivity index (χ0v) is 5.40. The fourth-order valence-corrected chi connectivity index (χ4v) is 0.791. The largest absolute Gasteiger partial charge is 0.504 e. The molecule has 0 aromatic rings. The molecule has 0 unspecified atom stereocenters. The Morgan fingerprint density at radius 2 is 2.00 bits per heavy atom. The first-order valence-corrected chi connectivity index (χ1v) is 2.95. The van der Waals surface area contributed by atoms with E-state index in [-0.39, 0.29) is 0 Å². The molecule has 1 N–H and O–H groups in total. The molecule has 1 aliphatic carbocycles. The average molecular weight is 166 g/mol. The third-order valence-electron chi connectivity index (χ3n) is 1.47. The van der Waals surface area contributed by atoms with Crippen molar-refractivity contribution in [1.82, 2.24) is 0 Å². The van der Waals surface area contributed by atoms with Gasteiger partial charge in [0, 0.05) is 12.8 Å². The number of hydrogen-bond donors (Lipinski definition) is 1. The van der Waals surface area contributed by atoms with Crippen molar-refractivity contribution < 1.29 is 23.1 Å². The first kappa shape index (κ1) is 8.10. The second-order valence-corrected chi connectivity index (χ2v) is 2.29. The van der Waals surface area contributed by atoms with Crippen LogP contribution in [0.25, 0.3) is 0 Å². The molecule has 0 amide bonds. The number of ketones is 1. The quantitative estimate of drug-likeness (QED) is 0.594. The summed E-state index contributed by atoms with van der Waals surface area (Å²) in [5, 5.41) is 8.41. The van der Waals surface area contributed by atoms with Crippen LogP contribution in [0.1, 0.15) is 12.8 Å². The third-order valence-corrected chi connectivity index (χ3v) is 1.47. The third kappa shape index (κ3) is 1.22. The summed E-state index contributed by atoms with van der Waals surface area (Å²) in [4.78, 5) is 10.4. The molecule has 0 fully saturated rings. The maximum Gasteiger partial charge on any atom is 0.307 e. The second kappa shape index (κ2) is 2.25. The summed E-state index contributed by atoms with van der Waals surface area (Å²) in [6, 6.07) is 0. The zero-order valence-electron chi connectivity index (χ0n) is 5.40. The van der Waals surface area contributed by atoms with Crippen molar-refractivity contribution in [2.75, 3.05) is 0 Å². The van der Waals surface area contributed by atoms with Crippen molar-refractivity contribution in [2.45, 2.75) is 18.8 Å². The van der Waals surface area contributed by atoms with Gasteiger partial charge in [0.15, 0.2) is 5.78 Å². The summed E-state index contributed by atoms with van der Waals surface area (Å²) in [6.45, 7) is 0. The molecular formula is C6H5F3O2. The number of carbonyl (C=O) groups excluding carboxylic acids is 1. The summed E-state index contributed by atoms with van der Waals surface area (Å²) < 4.78 is 36.9. The fourth-order valence-electron chi connectivity index (χ4n) is 0.791. The zero-order chi connectivity index (χ0) is 8.65. The number of rotatable bonds is 0. The number of aliphatic hydroxyl groups is 1. The van der Waals surface area contributed by atoms with E-state index in [0.717, 1.165) is 0 Å². The lowest BCUT2D eigenvalue weighted by molar-refractivity contribution is -0.122. The number of halogens is 3.